The molecule has 128 valence electrons. The third kappa shape index (κ3) is 3.05. The number of nitrogens with zero attached hydrogens (tertiary/aromatic N) is 5. The lowest BCUT2D eigenvalue weighted by molar-refractivity contribution is -0.131. The van der Waals surface area contributed by atoms with E-state index in [0.29, 0.717) is 19.6 Å². The molecule has 0 saturated carbocycles. The van der Waals surface area contributed by atoms with Crippen LogP contribution in [0.4, 0.5) is 10.2 Å². The molecule has 1 amide bonds. The Hall–Kier alpha value is -2.96. The molecule has 1 aliphatic rings. The molecular formula is C18H18FN5O. The third-order valence-corrected chi connectivity index (χ3v) is 4.37. The van der Waals surface area contributed by atoms with Crippen molar-refractivity contribution in [1.29, 1.82) is 0 Å². The molecule has 0 spiro atoms. The second kappa shape index (κ2) is 6.16. The van der Waals surface area contributed by atoms with Gasteiger partial charge in [-0.25, -0.2) is 13.9 Å². The Kier molecular flexibility index (Phi) is 3.83. The van der Waals surface area contributed by atoms with Crippen LogP contribution in [0.3, 0.4) is 0 Å². The van der Waals surface area contributed by atoms with Crippen LogP contribution in [-0.2, 0) is 11.3 Å². The van der Waals surface area contributed by atoms with E-state index in [1.807, 2.05) is 24.0 Å². The van der Waals surface area contributed by atoms with Crippen molar-refractivity contribution < 1.29 is 9.18 Å². The first-order valence-corrected chi connectivity index (χ1v) is 8.18. The lowest BCUT2D eigenvalue weighted by Gasteiger charge is -2.35. The Balaban J connectivity index is 1.52. The van der Waals surface area contributed by atoms with Crippen LogP contribution >= 0.6 is 0 Å². The number of hydrogen-bond acceptors (Lipinski definition) is 4. The van der Waals surface area contributed by atoms with Gasteiger partial charge in [0.05, 0.1) is 12.2 Å². The number of anilines is 1. The molecule has 1 saturated heterocycles. The highest BCUT2D eigenvalue weighted by atomic mass is 19.1. The fraction of sp³-hybridized carbons (Fsp3) is 0.278. The zero-order valence-corrected chi connectivity index (χ0v) is 13.9. The summed E-state index contributed by atoms with van der Waals surface area (Å²) in [5.74, 6) is 0.493. The molecule has 0 N–H and O–H groups in total. The van der Waals surface area contributed by atoms with E-state index < -0.39 is 0 Å². The molecule has 2 aromatic heterocycles. The van der Waals surface area contributed by atoms with E-state index >= 15 is 0 Å². The van der Waals surface area contributed by atoms with E-state index in [4.69, 9.17) is 0 Å². The summed E-state index contributed by atoms with van der Waals surface area (Å²) in [6.07, 6.45) is 3.49. The zero-order chi connectivity index (χ0) is 17.4. The predicted molar refractivity (Wildman–Crippen MR) is 91.8 cm³/mol. The number of amides is 1. The van der Waals surface area contributed by atoms with Gasteiger partial charge in [0.1, 0.15) is 11.3 Å². The zero-order valence-electron chi connectivity index (χ0n) is 13.9. The van der Waals surface area contributed by atoms with E-state index in [-0.39, 0.29) is 18.3 Å². The minimum Gasteiger partial charge on any atom is -0.344 e. The molecule has 1 aromatic carbocycles. The van der Waals surface area contributed by atoms with Crippen LogP contribution in [0, 0.1) is 12.7 Å². The quantitative estimate of drug-likeness (QED) is 0.733. The van der Waals surface area contributed by atoms with Crippen LogP contribution in [-0.4, -0.2) is 45.0 Å². The van der Waals surface area contributed by atoms with Crippen molar-refractivity contribution >= 4 is 17.2 Å². The summed E-state index contributed by atoms with van der Waals surface area (Å²) < 4.78 is 15.1. The third-order valence-electron chi connectivity index (χ3n) is 4.37. The highest BCUT2D eigenvalue weighted by Gasteiger charge is 2.26. The van der Waals surface area contributed by atoms with Gasteiger partial charge < -0.3 is 9.80 Å². The maximum absolute atomic E-state index is 13.3. The van der Waals surface area contributed by atoms with E-state index in [1.54, 1.807) is 27.9 Å². The first kappa shape index (κ1) is 15.6. The van der Waals surface area contributed by atoms with Gasteiger partial charge in [0.2, 0.25) is 5.91 Å². The number of piperazine rings is 1. The molecule has 0 unspecified atom stereocenters. The molecule has 6 nitrogen and oxygen atoms in total. The molecule has 4 rings (SSSR count). The SMILES string of the molecule is Cc1cc2c(N3CCN(Cc4cccc(F)c4)C(=O)C3)nccn2n1. The minimum atomic E-state index is -0.282. The van der Waals surface area contributed by atoms with E-state index in [1.165, 1.54) is 12.1 Å². The van der Waals surface area contributed by atoms with Gasteiger partial charge in [-0.15, -0.1) is 0 Å². The summed E-state index contributed by atoms with van der Waals surface area (Å²) in [6.45, 7) is 3.86. The summed E-state index contributed by atoms with van der Waals surface area (Å²) in [7, 11) is 0. The molecule has 1 aliphatic heterocycles. The molecular weight excluding hydrogens is 321 g/mol. The van der Waals surface area contributed by atoms with Gasteiger partial charge in [-0.2, -0.15) is 5.10 Å². The Bertz CT molecular complexity index is 938. The highest BCUT2D eigenvalue weighted by Crippen LogP contribution is 2.22. The molecule has 0 atom stereocenters. The lowest BCUT2D eigenvalue weighted by Crippen LogP contribution is -2.50. The molecule has 25 heavy (non-hydrogen) atoms. The van der Waals surface area contributed by atoms with Crippen molar-refractivity contribution in [2.45, 2.75) is 13.5 Å². The second-order valence-electron chi connectivity index (χ2n) is 6.23. The molecule has 0 bridgehead atoms. The predicted octanol–water partition coefficient (Wildman–Crippen LogP) is 2.03. The largest absolute Gasteiger partial charge is 0.344 e. The van der Waals surface area contributed by atoms with Crippen molar-refractivity contribution in [3.05, 3.63) is 59.8 Å². The lowest BCUT2D eigenvalue weighted by atomic mass is 10.2. The first-order valence-electron chi connectivity index (χ1n) is 8.18. The van der Waals surface area contributed by atoms with Crippen LogP contribution in [0.5, 0.6) is 0 Å². The molecule has 1 fully saturated rings. The van der Waals surface area contributed by atoms with E-state index in [0.717, 1.165) is 22.6 Å². The Labute approximate surface area is 144 Å². The van der Waals surface area contributed by atoms with Crippen molar-refractivity contribution in [2.75, 3.05) is 24.5 Å². The summed E-state index contributed by atoms with van der Waals surface area (Å²) in [4.78, 5) is 20.7. The first-order chi connectivity index (χ1) is 12.1. The van der Waals surface area contributed by atoms with Gasteiger partial charge in [-0.1, -0.05) is 12.1 Å². The topological polar surface area (TPSA) is 53.7 Å². The number of aryl methyl sites for hydroxylation is 1. The number of benzene rings is 1. The molecule has 0 aliphatic carbocycles. The van der Waals surface area contributed by atoms with Gasteiger partial charge in [-0.3, -0.25) is 4.79 Å². The number of fused-ring (bicyclic) bond motifs is 1. The summed E-state index contributed by atoms with van der Waals surface area (Å²) in [5.41, 5.74) is 2.60. The summed E-state index contributed by atoms with van der Waals surface area (Å²) in [6, 6.07) is 8.34. The number of aromatic nitrogens is 3. The smallest absolute Gasteiger partial charge is 0.242 e. The number of carbonyl (C=O) groups is 1. The van der Waals surface area contributed by atoms with E-state index in [2.05, 4.69) is 10.1 Å². The highest BCUT2D eigenvalue weighted by molar-refractivity contribution is 5.84. The Morgan fingerprint density at radius 3 is 2.92 bits per heavy atom. The number of rotatable bonds is 3. The van der Waals surface area contributed by atoms with Gasteiger partial charge >= 0.3 is 0 Å². The average molecular weight is 339 g/mol. The molecule has 7 heteroatoms. The minimum absolute atomic E-state index is 0.00977. The van der Waals surface area contributed by atoms with Crippen molar-refractivity contribution in [3.8, 4) is 0 Å². The molecule has 0 radical (unpaired) electrons. The second-order valence-corrected chi connectivity index (χ2v) is 6.23. The number of halogens is 1. The van der Waals surface area contributed by atoms with Crippen LogP contribution in [0.25, 0.3) is 5.52 Å². The standard InChI is InChI=1S/C18H18FN5O/c1-13-9-16-18(20-5-6-24(16)21-13)23-8-7-22(17(25)12-23)11-14-3-2-4-15(19)10-14/h2-6,9-10H,7-8,11-12H2,1H3. The average Bonchev–Trinajstić information content (AvgIpc) is 2.97. The van der Waals surface area contributed by atoms with Crippen LogP contribution < -0.4 is 4.90 Å². The van der Waals surface area contributed by atoms with Gasteiger partial charge in [0, 0.05) is 32.0 Å². The fourth-order valence-electron chi connectivity index (χ4n) is 3.19. The molecule has 3 aromatic rings. The fourth-order valence-corrected chi connectivity index (χ4v) is 3.19. The number of carbonyl (C=O) groups excluding carboxylic acids is 1. The van der Waals surface area contributed by atoms with Crippen molar-refractivity contribution in [2.24, 2.45) is 0 Å². The molecule has 3 heterocycles. The maximum Gasteiger partial charge on any atom is 0.242 e. The van der Waals surface area contributed by atoms with Gasteiger partial charge in [0.25, 0.3) is 0 Å². The van der Waals surface area contributed by atoms with Crippen molar-refractivity contribution in [1.82, 2.24) is 19.5 Å². The van der Waals surface area contributed by atoms with Crippen LogP contribution in [0.1, 0.15) is 11.3 Å². The Morgan fingerprint density at radius 2 is 2.12 bits per heavy atom. The van der Waals surface area contributed by atoms with E-state index in [9.17, 15) is 9.18 Å². The summed E-state index contributed by atoms with van der Waals surface area (Å²) in [5, 5.41) is 4.39. The summed E-state index contributed by atoms with van der Waals surface area (Å²) >= 11 is 0. The van der Waals surface area contributed by atoms with Crippen LogP contribution in [0.15, 0.2) is 42.7 Å². The maximum atomic E-state index is 13.3. The monoisotopic (exact) mass is 339 g/mol. The van der Waals surface area contributed by atoms with Crippen LogP contribution in [0.2, 0.25) is 0 Å². The van der Waals surface area contributed by atoms with Crippen molar-refractivity contribution in [3.63, 3.8) is 0 Å². The Morgan fingerprint density at radius 1 is 1.24 bits per heavy atom. The number of hydrogen-bond donors (Lipinski definition) is 0. The normalized spacial score (nSPS) is 15.2. The van der Waals surface area contributed by atoms with Gasteiger partial charge in [-0.05, 0) is 30.7 Å². The van der Waals surface area contributed by atoms with Gasteiger partial charge in [0.15, 0.2) is 5.82 Å².